The molecule has 0 saturated heterocycles. The zero-order valence-electron chi connectivity index (χ0n) is 28.9. The lowest BCUT2D eigenvalue weighted by Gasteiger charge is -2.36. The Bertz CT molecular complexity index is 1890. The van der Waals surface area contributed by atoms with Crippen molar-refractivity contribution >= 4 is 58.2 Å². The predicted molar refractivity (Wildman–Crippen MR) is 201 cm³/mol. The van der Waals surface area contributed by atoms with E-state index in [1.54, 1.807) is 33.8 Å². The van der Waals surface area contributed by atoms with Crippen LogP contribution in [0.4, 0.5) is 5.69 Å². The number of ether oxygens (including phenoxy) is 1. The number of benzene rings is 3. The summed E-state index contributed by atoms with van der Waals surface area (Å²) in [6, 6.07) is 16.9. The van der Waals surface area contributed by atoms with Crippen molar-refractivity contribution < 1.29 is 24.2 Å². The van der Waals surface area contributed by atoms with Crippen LogP contribution in [0.15, 0.2) is 60.7 Å². The smallest absolute Gasteiger partial charge is 0.274 e. The van der Waals surface area contributed by atoms with Gasteiger partial charge in [-0.25, -0.2) is 4.68 Å². The van der Waals surface area contributed by atoms with E-state index in [0.717, 1.165) is 36.8 Å². The number of carbonyl (C=O) groups is 3. The highest BCUT2D eigenvalue weighted by atomic mass is 35.5. The van der Waals surface area contributed by atoms with Crippen LogP contribution in [0.1, 0.15) is 77.2 Å². The quantitative estimate of drug-likeness (QED) is 0.127. The minimum atomic E-state index is -0.508. The largest absolute Gasteiger partial charge is 0.482 e. The van der Waals surface area contributed by atoms with Crippen molar-refractivity contribution in [2.24, 2.45) is 0 Å². The molecule has 1 atom stereocenters. The van der Waals surface area contributed by atoms with Gasteiger partial charge in [0.05, 0.1) is 39.0 Å². The Kier molecular flexibility index (Phi) is 13.0. The van der Waals surface area contributed by atoms with Gasteiger partial charge in [-0.1, -0.05) is 85.8 Å². The zero-order valence-corrected chi connectivity index (χ0v) is 31.2. The van der Waals surface area contributed by atoms with Gasteiger partial charge in [-0.15, -0.1) is 0 Å². The van der Waals surface area contributed by atoms with Crippen LogP contribution in [0, 0.1) is 6.92 Å². The number of aromatic nitrogens is 2. The molecule has 2 heterocycles. The highest BCUT2D eigenvalue weighted by Gasteiger charge is 2.32. The van der Waals surface area contributed by atoms with Gasteiger partial charge in [0.15, 0.2) is 12.3 Å². The lowest BCUT2D eigenvalue weighted by molar-refractivity contribution is -0.118. The number of aryl methyl sites for hydroxylation is 1. The van der Waals surface area contributed by atoms with Crippen LogP contribution in [-0.4, -0.2) is 74.8 Å². The molecule has 0 saturated carbocycles. The number of fused-ring (bicyclic) bond motifs is 1. The number of hydrogen-bond acceptors (Lipinski definition) is 6. The van der Waals surface area contributed by atoms with E-state index in [-0.39, 0.29) is 50.5 Å². The Balaban J connectivity index is 1.48. The molecule has 1 aliphatic heterocycles. The Morgan fingerprint density at radius 2 is 1.63 bits per heavy atom. The first-order valence-corrected chi connectivity index (χ1v) is 18.2. The first-order chi connectivity index (χ1) is 24.5. The van der Waals surface area contributed by atoms with E-state index < -0.39 is 18.6 Å². The van der Waals surface area contributed by atoms with Gasteiger partial charge < -0.3 is 25.0 Å². The number of carbonyl (C=O) groups excluding carboxylic acids is 3. The number of rotatable bonds is 14. The van der Waals surface area contributed by atoms with Gasteiger partial charge in [0, 0.05) is 37.1 Å². The number of hydrogen-bond donors (Lipinski definition) is 2. The Morgan fingerprint density at radius 3 is 2.31 bits per heavy atom. The van der Waals surface area contributed by atoms with Crippen LogP contribution in [0.3, 0.4) is 0 Å². The SMILES string of the molecule is CCCCN(CCCC)C(=O)c1cc(C)n(-c2ccc(NC(=O)COc3cc(Cl)c(Cl)cc3Cl)cc2C(=O)N2Cc3ccccc3C[C@H]2CO)n1. The van der Waals surface area contributed by atoms with E-state index in [9.17, 15) is 19.5 Å². The summed E-state index contributed by atoms with van der Waals surface area (Å²) in [5.41, 5.74) is 4.00. The average Bonchev–Trinajstić information content (AvgIpc) is 3.52. The molecular weight excluding hydrogens is 713 g/mol. The normalized spacial score (nSPS) is 13.9. The van der Waals surface area contributed by atoms with Crippen LogP contribution < -0.4 is 10.1 Å². The molecular formula is C38H42Cl3N5O5. The van der Waals surface area contributed by atoms with Gasteiger partial charge in [-0.05, 0) is 67.6 Å². The molecule has 4 aromatic rings. The topological polar surface area (TPSA) is 117 Å². The van der Waals surface area contributed by atoms with E-state index in [1.165, 1.54) is 12.1 Å². The molecule has 13 heteroatoms. The summed E-state index contributed by atoms with van der Waals surface area (Å²) in [7, 11) is 0. The number of unbranched alkanes of at least 4 members (excludes halogenated alkanes) is 2. The Morgan fingerprint density at radius 1 is 0.941 bits per heavy atom. The fourth-order valence-corrected chi connectivity index (χ4v) is 6.66. The summed E-state index contributed by atoms with van der Waals surface area (Å²) in [5.74, 6) is -0.838. The molecule has 0 radical (unpaired) electrons. The van der Waals surface area contributed by atoms with E-state index in [1.807, 2.05) is 36.1 Å². The van der Waals surface area contributed by atoms with Gasteiger partial charge in [0.2, 0.25) is 0 Å². The van der Waals surface area contributed by atoms with E-state index in [4.69, 9.17) is 44.6 Å². The fraction of sp³-hybridized carbons (Fsp3) is 0.368. The number of halogens is 3. The van der Waals surface area contributed by atoms with Gasteiger partial charge >= 0.3 is 0 Å². The van der Waals surface area contributed by atoms with Crippen LogP contribution in [0.2, 0.25) is 15.1 Å². The number of aliphatic hydroxyl groups is 1. The molecule has 3 amide bonds. The lowest BCUT2D eigenvalue weighted by atomic mass is 9.93. The standard InChI is InChI=1S/C38H42Cl3N5O5/c1-4-6-14-44(15-7-5-2)38(50)33-16-24(3)46(43-33)34-13-12-27(42-36(48)23-51-35-20-31(40)30(39)19-32(35)41)18-29(34)37(49)45-21-26-11-9-8-10-25(26)17-28(45)22-47/h8-13,16,18-20,28,47H,4-7,14-15,17,21-23H2,1-3H3,(H,42,48)/t28-/m0/s1. The molecule has 5 rings (SSSR count). The Labute approximate surface area is 313 Å². The summed E-state index contributed by atoms with van der Waals surface area (Å²) in [4.78, 5) is 44.7. The summed E-state index contributed by atoms with van der Waals surface area (Å²) >= 11 is 18.3. The zero-order chi connectivity index (χ0) is 36.7. The van der Waals surface area contributed by atoms with Crippen LogP contribution in [-0.2, 0) is 17.8 Å². The lowest BCUT2D eigenvalue weighted by Crippen LogP contribution is -2.46. The van der Waals surface area contributed by atoms with E-state index in [2.05, 4.69) is 19.2 Å². The van der Waals surface area contributed by atoms with Gasteiger partial charge in [-0.3, -0.25) is 14.4 Å². The van der Waals surface area contributed by atoms with Crippen molar-refractivity contribution in [3.63, 3.8) is 0 Å². The summed E-state index contributed by atoms with van der Waals surface area (Å²) in [6.45, 7) is 6.95. The average molecular weight is 755 g/mol. The monoisotopic (exact) mass is 753 g/mol. The molecule has 2 N–H and O–H groups in total. The second kappa shape index (κ2) is 17.4. The van der Waals surface area contributed by atoms with Gasteiger partial charge in [0.1, 0.15) is 5.75 Å². The van der Waals surface area contributed by atoms with Crippen molar-refractivity contribution in [2.45, 2.75) is 65.5 Å². The van der Waals surface area contributed by atoms with E-state index >= 15 is 0 Å². The first kappa shape index (κ1) is 38.1. The molecule has 0 fully saturated rings. The molecule has 0 unspecified atom stereocenters. The van der Waals surface area contributed by atoms with Crippen molar-refractivity contribution in [1.82, 2.24) is 19.6 Å². The summed E-state index contributed by atoms with van der Waals surface area (Å²) in [6.07, 6.45) is 4.18. The molecule has 1 aromatic heterocycles. The van der Waals surface area contributed by atoms with Crippen LogP contribution in [0.25, 0.3) is 5.69 Å². The van der Waals surface area contributed by atoms with E-state index in [0.29, 0.717) is 43.1 Å². The molecule has 10 nitrogen and oxygen atoms in total. The molecule has 270 valence electrons. The minimum Gasteiger partial charge on any atom is -0.482 e. The molecule has 3 aromatic carbocycles. The van der Waals surface area contributed by atoms with Gasteiger partial charge in [-0.2, -0.15) is 5.10 Å². The maximum absolute atomic E-state index is 14.5. The molecule has 51 heavy (non-hydrogen) atoms. The van der Waals surface area contributed by atoms with Crippen LogP contribution in [0.5, 0.6) is 5.75 Å². The van der Waals surface area contributed by atoms with Crippen LogP contribution >= 0.6 is 34.8 Å². The number of aliphatic hydroxyl groups excluding tert-OH is 1. The maximum Gasteiger partial charge on any atom is 0.274 e. The fourth-order valence-electron chi connectivity index (χ4n) is 6.07. The summed E-state index contributed by atoms with van der Waals surface area (Å²) < 4.78 is 7.19. The summed E-state index contributed by atoms with van der Waals surface area (Å²) in [5, 5.41) is 18.6. The molecule has 0 spiro atoms. The first-order valence-electron chi connectivity index (χ1n) is 17.1. The minimum absolute atomic E-state index is 0.162. The third-order valence-electron chi connectivity index (χ3n) is 8.86. The molecule has 1 aliphatic rings. The highest BCUT2D eigenvalue weighted by Crippen LogP contribution is 2.34. The third kappa shape index (κ3) is 9.05. The maximum atomic E-state index is 14.5. The van der Waals surface area contributed by atoms with Crippen molar-refractivity contribution in [3.8, 4) is 11.4 Å². The Hall–Kier alpha value is -4.09. The van der Waals surface area contributed by atoms with Crippen molar-refractivity contribution in [1.29, 1.82) is 0 Å². The van der Waals surface area contributed by atoms with Gasteiger partial charge in [0.25, 0.3) is 17.7 Å². The third-order valence-corrected chi connectivity index (χ3v) is 9.87. The molecule has 0 bridgehead atoms. The van der Waals surface area contributed by atoms with Crippen molar-refractivity contribution in [2.75, 3.05) is 31.6 Å². The highest BCUT2D eigenvalue weighted by molar-refractivity contribution is 6.43. The second-order valence-corrected chi connectivity index (χ2v) is 13.8. The number of anilines is 1. The number of nitrogens with one attached hydrogen (secondary N) is 1. The molecule has 0 aliphatic carbocycles. The number of amides is 3. The predicted octanol–water partition coefficient (Wildman–Crippen LogP) is 7.76. The second-order valence-electron chi connectivity index (χ2n) is 12.6. The number of nitrogens with zero attached hydrogens (tertiary/aromatic N) is 4. The van der Waals surface area contributed by atoms with Crippen molar-refractivity contribution in [3.05, 3.63) is 104 Å².